The molecule has 39 heavy (non-hydrogen) atoms. The van der Waals surface area contributed by atoms with Crippen molar-refractivity contribution < 1.29 is 9.59 Å². The summed E-state index contributed by atoms with van der Waals surface area (Å²) in [6.07, 6.45) is 6.17. The fourth-order valence-electron chi connectivity index (χ4n) is 6.03. The molecule has 3 aromatic carbocycles. The van der Waals surface area contributed by atoms with Gasteiger partial charge in [-0.25, -0.2) is 4.68 Å². The first kappa shape index (κ1) is 26.7. The lowest BCUT2D eigenvalue weighted by molar-refractivity contribution is 0.0913. The van der Waals surface area contributed by atoms with E-state index in [-0.39, 0.29) is 23.3 Å². The average Bonchev–Trinajstić information content (AvgIpc) is 3.37. The number of nitrogens with zero attached hydrogens (tertiary/aromatic N) is 3. The van der Waals surface area contributed by atoms with Crippen molar-refractivity contribution in [2.75, 3.05) is 6.54 Å². The molecule has 201 valence electrons. The van der Waals surface area contributed by atoms with Gasteiger partial charge in [0.1, 0.15) is 5.52 Å². The Kier molecular flexibility index (Phi) is 7.06. The normalized spacial score (nSPS) is 18.2. The van der Waals surface area contributed by atoms with Crippen LogP contribution in [0.3, 0.4) is 0 Å². The molecule has 2 heterocycles. The molecule has 2 amide bonds. The molecular formula is C33H37N4O2. The molecule has 0 saturated carbocycles. The number of hydrogen-bond donors (Lipinski definition) is 1. The molecule has 1 aliphatic rings. The molecule has 5 rings (SSSR count). The number of hydrogen-bond acceptors (Lipinski definition) is 3. The van der Waals surface area contributed by atoms with Crippen molar-refractivity contribution in [3.63, 3.8) is 0 Å². The second-order valence-electron chi connectivity index (χ2n) is 12.2. The summed E-state index contributed by atoms with van der Waals surface area (Å²) in [4.78, 5) is 26.9. The third kappa shape index (κ3) is 5.33. The van der Waals surface area contributed by atoms with Gasteiger partial charge in [0.15, 0.2) is 0 Å². The summed E-state index contributed by atoms with van der Waals surface area (Å²) < 4.78 is 1.83. The van der Waals surface area contributed by atoms with Gasteiger partial charge < -0.3 is 10.2 Å². The van der Waals surface area contributed by atoms with Crippen LogP contribution in [0.15, 0.2) is 79.0 Å². The standard InChI is InChI=1S/C33H37N4O2/c1-32(2,3)30-27(15-10-20-36(30)22-38)23-16-18-26(19-17-23)37-21-24-11-9-14-28(29(24)35-37)31(39)34-33(4,5)25-12-7-6-8-13-25/h6-9,11-14,16-19,21,27,30H,10,15,20H2,1-5H3,(H,34,39). The number of likely N-dealkylation sites (tertiary alicyclic amines) is 1. The van der Waals surface area contributed by atoms with Crippen molar-refractivity contribution in [2.45, 2.75) is 65.0 Å². The minimum absolute atomic E-state index is 0.0487. The number of carbonyl (C=O) groups excluding carboxylic acids is 2. The molecule has 4 aromatic rings. The van der Waals surface area contributed by atoms with Gasteiger partial charge in [-0.15, -0.1) is 0 Å². The van der Waals surface area contributed by atoms with Crippen LogP contribution in [0.25, 0.3) is 16.6 Å². The van der Waals surface area contributed by atoms with Gasteiger partial charge in [-0.1, -0.05) is 75.4 Å². The lowest BCUT2D eigenvalue weighted by Crippen LogP contribution is -2.50. The van der Waals surface area contributed by atoms with Gasteiger partial charge in [0.25, 0.3) is 5.91 Å². The van der Waals surface area contributed by atoms with Crippen LogP contribution in [0.1, 0.15) is 74.9 Å². The molecule has 1 radical (unpaired) electrons. The molecule has 1 N–H and O–H groups in total. The van der Waals surface area contributed by atoms with Crippen LogP contribution in [-0.4, -0.2) is 39.6 Å². The summed E-state index contributed by atoms with van der Waals surface area (Å²) in [5.41, 5.74) is 3.82. The Bertz CT molecular complexity index is 1470. The molecule has 0 aliphatic carbocycles. The van der Waals surface area contributed by atoms with Crippen molar-refractivity contribution in [1.29, 1.82) is 0 Å². The van der Waals surface area contributed by atoms with Crippen molar-refractivity contribution in [1.82, 2.24) is 20.0 Å². The Morgan fingerprint density at radius 3 is 2.33 bits per heavy atom. The van der Waals surface area contributed by atoms with Crippen molar-refractivity contribution in [2.24, 2.45) is 5.41 Å². The number of rotatable bonds is 6. The molecule has 2 atom stereocenters. The SMILES string of the molecule is CC(C)(NC(=O)c1cccc2cn(-c3ccc(C4CCCN([C]=O)C4C(C)(C)C)cc3)nc12)c1ccccc1. The number of fused-ring (bicyclic) bond motifs is 1. The summed E-state index contributed by atoms with van der Waals surface area (Å²) in [6.45, 7) is 11.3. The third-order valence-corrected chi connectivity index (χ3v) is 7.92. The molecule has 1 fully saturated rings. The van der Waals surface area contributed by atoms with Crippen LogP contribution in [0.2, 0.25) is 0 Å². The van der Waals surface area contributed by atoms with Gasteiger partial charge in [-0.2, -0.15) is 5.10 Å². The van der Waals surface area contributed by atoms with Crippen LogP contribution in [0.4, 0.5) is 0 Å². The van der Waals surface area contributed by atoms with E-state index in [9.17, 15) is 9.59 Å². The summed E-state index contributed by atoms with van der Waals surface area (Å²) in [7, 11) is 0. The zero-order valence-corrected chi connectivity index (χ0v) is 23.4. The molecule has 1 aliphatic heterocycles. The molecule has 1 aromatic heterocycles. The second kappa shape index (κ2) is 10.3. The van der Waals surface area contributed by atoms with E-state index in [1.54, 1.807) is 0 Å². The number of amides is 2. The van der Waals surface area contributed by atoms with Gasteiger partial charge in [0, 0.05) is 30.1 Å². The monoisotopic (exact) mass is 521 g/mol. The van der Waals surface area contributed by atoms with E-state index in [1.807, 2.05) is 78.2 Å². The zero-order valence-electron chi connectivity index (χ0n) is 23.4. The van der Waals surface area contributed by atoms with Crippen LogP contribution in [0, 0.1) is 5.41 Å². The number of benzene rings is 3. The summed E-state index contributed by atoms with van der Waals surface area (Å²) >= 11 is 0. The van der Waals surface area contributed by atoms with E-state index >= 15 is 0 Å². The van der Waals surface area contributed by atoms with E-state index in [0.29, 0.717) is 11.1 Å². The third-order valence-electron chi connectivity index (χ3n) is 7.92. The Labute approximate surface area is 231 Å². The highest BCUT2D eigenvalue weighted by atomic mass is 16.2. The highest BCUT2D eigenvalue weighted by Gasteiger charge is 2.40. The lowest BCUT2D eigenvalue weighted by Gasteiger charge is -2.46. The zero-order chi connectivity index (χ0) is 27.8. The maximum Gasteiger partial charge on any atom is 0.312 e. The van der Waals surface area contributed by atoms with Crippen LogP contribution in [0.5, 0.6) is 0 Å². The van der Waals surface area contributed by atoms with E-state index < -0.39 is 5.54 Å². The first-order valence-corrected chi connectivity index (χ1v) is 13.7. The number of aromatic nitrogens is 2. The Morgan fingerprint density at radius 1 is 0.949 bits per heavy atom. The molecule has 6 heteroatoms. The van der Waals surface area contributed by atoms with Gasteiger partial charge in [0.2, 0.25) is 0 Å². The van der Waals surface area contributed by atoms with Gasteiger partial charge >= 0.3 is 6.41 Å². The van der Waals surface area contributed by atoms with E-state index in [1.165, 1.54) is 5.56 Å². The van der Waals surface area contributed by atoms with E-state index in [2.05, 4.69) is 56.8 Å². The van der Waals surface area contributed by atoms with Gasteiger partial charge in [0.05, 0.1) is 16.8 Å². The first-order chi connectivity index (χ1) is 18.6. The average molecular weight is 522 g/mol. The maximum atomic E-state index is 13.4. The molecular weight excluding hydrogens is 484 g/mol. The molecule has 6 nitrogen and oxygen atoms in total. The largest absolute Gasteiger partial charge is 0.343 e. The van der Waals surface area contributed by atoms with Crippen LogP contribution < -0.4 is 5.32 Å². The first-order valence-electron chi connectivity index (χ1n) is 13.7. The quantitative estimate of drug-likeness (QED) is 0.321. The van der Waals surface area contributed by atoms with Crippen LogP contribution >= 0.6 is 0 Å². The highest BCUT2D eigenvalue weighted by Crippen LogP contribution is 2.41. The van der Waals surface area contributed by atoms with Crippen molar-refractivity contribution >= 4 is 23.2 Å². The minimum atomic E-state index is -0.528. The van der Waals surface area contributed by atoms with Crippen molar-refractivity contribution in [3.8, 4) is 5.69 Å². The number of carbonyl (C=O) groups is 1. The lowest BCUT2D eigenvalue weighted by atomic mass is 9.71. The van der Waals surface area contributed by atoms with E-state index in [0.717, 1.165) is 36.0 Å². The number of nitrogens with one attached hydrogen (secondary N) is 1. The Balaban J connectivity index is 1.41. The Morgan fingerprint density at radius 2 is 1.67 bits per heavy atom. The summed E-state index contributed by atoms with van der Waals surface area (Å²) in [6, 6.07) is 24.2. The summed E-state index contributed by atoms with van der Waals surface area (Å²) in [5.74, 6) is 0.103. The Hall–Kier alpha value is -3.93. The van der Waals surface area contributed by atoms with Crippen LogP contribution in [-0.2, 0) is 10.3 Å². The fraction of sp³-hybridized carbons (Fsp3) is 0.364. The van der Waals surface area contributed by atoms with Crippen molar-refractivity contribution in [3.05, 3.63) is 95.7 Å². The second-order valence-corrected chi connectivity index (χ2v) is 12.2. The maximum absolute atomic E-state index is 13.4. The minimum Gasteiger partial charge on any atom is -0.343 e. The van der Waals surface area contributed by atoms with Gasteiger partial charge in [-0.05, 0) is 61.4 Å². The number of piperidine rings is 1. The van der Waals surface area contributed by atoms with E-state index in [4.69, 9.17) is 5.10 Å². The molecule has 0 spiro atoms. The predicted octanol–water partition coefficient (Wildman–Crippen LogP) is 6.35. The molecule has 0 bridgehead atoms. The molecule has 2 unspecified atom stereocenters. The van der Waals surface area contributed by atoms with Gasteiger partial charge in [-0.3, -0.25) is 9.59 Å². The highest BCUT2D eigenvalue weighted by molar-refractivity contribution is 6.05. The predicted molar refractivity (Wildman–Crippen MR) is 156 cm³/mol. The molecule has 1 saturated heterocycles. The summed E-state index contributed by atoms with van der Waals surface area (Å²) in [5, 5.41) is 8.91. The smallest absolute Gasteiger partial charge is 0.312 e. The topological polar surface area (TPSA) is 67.2 Å². The fourth-order valence-corrected chi connectivity index (χ4v) is 6.03.